The van der Waals surface area contributed by atoms with Crippen LogP contribution in [0.15, 0.2) is 48.5 Å². The highest BCUT2D eigenvalue weighted by Gasteiger charge is 2.14. The number of aromatic nitrogens is 2. The van der Waals surface area contributed by atoms with Gasteiger partial charge in [0, 0.05) is 12.4 Å². The molecule has 0 bridgehead atoms. The number of hydrogen-bond donors (Lipinski definition) is 1. The van der Waals surface area contributed by atoms with Crippen molar-refractivity contribution < 1.29 is 9.94 Å². The summed E-state index contributed by atoms with van der Waals surface area (Å²) in [5.41, 5.74) is 1.39. The molecule has 0 aliphatic heterocycles. The number of hydroxylamine groups is 1. The highest BCUT2D eigenvalue weighted by molar-refractivity contribution is 5.90. The molecule has 1 N–H and O–H groups in total. The molecule has 0 atom stereocenters. The summed E-state index contributed by atoms with van der Waals surface area (Å²) in [6, 6.07) is 14.7. The summed E-state index contributed by atoms with van der Waals surface area (Å²) in [7, 11) is 3.36. The van der Waals surface area contributed by atoms with Crippen LogP contribution >= 0.6 is 0 Å². The lowest BCUT2D eigenvalue weighted by molar-refractivity contribution is 0.183. The summed E-state index contributed by atoms with van der Waals surface area (Å²) in [5.74, 6) is 1.27. The van der Waals surface area contributed by atoms with Crippen molar-refractivity contribution in [2.75, 3.05) is 19.2 Å². The van der Waals surface area contributed by atoms with E-state index in [0.29, 0.717) is 17.2 Å². The Hall–Kier alpha value is -2.66. The number of hydrogen-bond acceptors (Lipinski definition) is 5. The Bertz CT molecular complexity index is 789. The zero-order chi connectivity index (χ0) is 14.8. The van der Waals surface area contributed by atoms with Crippen LogP contribution in [-0.2, 0) is 4.84 Å². The predicted octanol–water partition coefficient (Wildman–Crippen LogP) is 3.00. The summed E-state index contributed by atoms with van der Waals surface area (Å²) in [6.45, 7) is 0. The van der Waals surface area contributed by atoms with E-state index in [4.69, 9.17) is 4.84 Å². The van der Waals surface area contributed by atoms with Crippen molar-refractivity contribution in [3.05, 3.63) is 48.5 Å². The molecule has 0 aliphatic carbocycles. The molecule has 0 amide bonds. The number of rotatable bonds is 3. The number of nitrogens with zero attached hydrogens (tertiary/aromatic N) is 3. The predicted molar refractivity (Wildman–Crippen MR) is 82.1 cm³/mol. The molecule has 0 radical (unpaired) electrons. The fourth-order valence-electron chi connectivity index (χ4n) is 2.17. The van der Waals surface area contributed by atoms with Crippen molar-refractivity contribution in [1.29, 1.82) is 0 Å². The number of phenolic OH excluding ortho intramolecular Hbond substituents is 1. The highest BCUT2D eigenvalue weighted by Crippen LogP contribution is 2.30. The van der Waals surface area contributed by atoms with Crippen LogP contribution in [-0.4, -0.2) is 29.2 Å². The number of benzene rings is 2. The normalized spacial score (nSPS) is 10.8. The van der Waals surface area contributed by atoms with Crippen LogP contribution in [0.5, 0.6) is 5.75 Å². The maximum Gasteiger partial charge on any atom is 0.165 e. The topological polar surface area (TPSA) is 58.5 Å². The lowest BCUT2D eigenvalue weighted by atomic mass is 10.1. The van der Waals surface area contributed by atoms with E-state index in [1.54, 1.807) is 37.4 Å². The molecule has 5 nitrogen and oxygen atoms in total. The minimum absolute atomic E-state index is 0.152. The average molecular weight is 281 g/mol. The lowest BCUT2D eigenvalue weighted by Crippen LogP contribution is -2.17. The van der Waals surface area contributed by atoms with Crippen LogP contribution in [0.1, 0.15) is 0 Å². The number of phenols is 1. The van der Waals surface area contributed by atoms with Crippen molar-refractivity contribution in [3.8, 4) is 17.1 Å². The summed E-state index contributed by atoms with van der Waals surface area (Å²) in [6.07, 6.45) is 0. The maximum absolute atomic E-state index is 10.00. The second kappa shape index (κ2) is 5.38. The van der Waals surface area contributed by atoms with Gasteiger partial charge in [0.25, 0.3) is 0 Å². The summed E-state index contributed by atoms with van der Waals surface area (Å²) in [5, 5.41) is 12.5. The first-order valence-electron chi connectivity index (χ1n) is 6.53. The van der Waals surface area contributed by atoms with Crippen LogP contribution < -0.4 is 5.06 Å². The van der Waals surface area contributed by atoms with Gasteiger partial charge >= 0.3 is 0 Å². The van der Waals surface area contributed by atoms with E-state index < -0.39 is 0 Å². The molecule has 0 saturated heterocycles. The Morgan fingerprint density at radius 3 is 2.48 bits per heavy atom. The van der Waals surface area contributed by atoms with E-state index >= 15 is 0 Å². The Morgan fingerprint density at radius 1 is 1.00 bits per heavy atom. The number of fused-ring (bicyclic) bond motifs is 1. The van der Waals surface area contributed by atoms with Gasteiger partial charge in [0.15, 0.2) is 11.6 Å². The van der Waals surface area contributed by atoms with Gasteiger partial charge in [0.05, 0.1) is 18.2 Å². The molecule has 5 heteroatoms. The van der Waals surface area contributed by atoms with Gasteiger partial charge in [0.2, 0.25) is 0 Å². The average Bonchev–Trinajstić information content (AvgIpc) is 2.53. The lowest BCUT2D eigenvalue weighted by Gasteiger charge is -2.17. The fraction of sp³-hybridized carbons (Fsp3) is 0.125. The Kier molecular flexibility index (Phi) is 3.41. The molecule has 106 valence electrons. The van der Waals surface area contributed by atoms with Gasteiger partial charge in [-0.05, 0) is 24.3 Å². The van der Waals surface area contributed by atoms with Crippen LogP contribution in [0.2, 0.25) is 0 Å². The minimum Gasteiger partial charge on any atom is -0.507 e. The van der Waals surface area contributed by atoms with Crippen molar-refractivity contribution in [1.82, 2.24) is 9.97 Å². The SMILES string of the molecule is CON(C)c1nc(-c2ccccc2O)nc2ccccc12. The molecule has 3 rings (SSSR count). The quantitative estimate of drug-likeness (QED) is 0.748. The van der Waals surface area contributed by atoms with Crippen molar-refractivity contribution in [2.45, 2.75) is 0 Å². The van der Waals surface area contributed by atoms with Crippen molar-refractivity contribution in [2.24, 2.45) is 0 Å². The molecule has 0 spiro atoms. The second-order valence-electron chi connectivity index (χ2n) is 4.59. The van der Waals surface area contributed by atoms with Gasteiger partial charge in [0.1, 0.15) is 5.75 Å². The first kappa shape index (κ1) is 13.3. The third-order valence-corrected chi connectivity index (χ3v) is 3.30. The zero-order valence-corrected chi connectivity index (χ0v) is 11.8. The summed E-state index contributed by atoms with van der Waals surface area (Å²) in [4.78, 5) is 14.3. The number of anilines is 1. The fourth-order valence-corrected chi connectivity index (χ4v) is 2.17. The van der Waals surface area contributed by atoms with E-state index in [2.05, 4.69) is 9.97 Å². The number of aromatic hydroxyl groups is 1. The van der Waals surface area contributed by atoms with Crippen molar-refractivity contribution >= 4 is 16.7 Å². The molecule has 0 unspecified atom stereocenters. The Labute approximate surface area is 122 Å². The third kappa shape index (κ3) is 2.39. The van der Waals surface area contributed by atoms with Gasteiger partial charge in [-0.3, -0.25) is 4.84 Å². The number of para-hydroxylation sites is 2. The van der Waals surface area contributed by atoms with Crippen LogP contribution in [0.3, 0.4) is 0 Å². The van der Waals surface area contributed by atoms with E-state index in [1.165, 1.54) is 0 Å². The van der Waals surface area contributed by atoms with Gasteiger partial charge in [-0.1, -0.05) is 24.3 Å². The first-order valence-corrected chi connectivity index (χ1v) is 6.53. The van der Waals surface area contributed by atoms with E-state index in [1.807, 2.05) is 30.3 Å². The Balaban J connectivity index is 2.28. The molecular formula is C16H15N3O2. The molecule has 0 fully saturated rings. The standard InChI is InChI=1S/C16H15N3O2/c1-19(21-2)16-11-7-3-5-9-13(11)17-15(18-16)12-8-4-6-10-14(12)20/h3-10,20H,1-2H3. The molecule has 21 heavy (non-hydrogen) atoms. The van der Waals surface area contributed by atoms with Gasteiger partial charge < -0.3 is 5.11 Å². The van der Waals surface area contributed by atoms with E-state index in [-0.39, 0.29) is 5.75 Å². The molecule has 2 aromatic carbocycles. The first-order chi connectivity index (χ1) is 10.2. The molecular weight excluding hydrogens is 266 g/mol. The highest BCUT2D eigenvalue weighted by atomic mass is 16.7. The molecule has 1 heterocycles. The minimum atomic E-state index is 0.152. The van der Waals surface area contributed by atoms with Crippen molar-refractivity contribution in [3.63, 3.8) is 0 Å². The van der Waals surface area contributed by atoms with Crippen LogP contribution in [0, 0.1) is 0 Å². The molecule has 0 saturated carbocycles. The van der Waals surface area contributed by atoms with E-state index in [9.17, 15) is 5.11 Å². The van der Waals surface area contributed by atoms with E-state index in [0.717, 1.165) is 10.9 Å². The molecule has 0 aliphatic rings. The van der Waals surface area contributed by atoms with Gasteiger partial charge in [-0.15, -0.1) is 0 Å². The van der Waals surface area contributed by atoms with Crippen LogP contribution in [0.4, 0.5) is 5.82 Å². The maximum atomic E-state index is 10.00. The zero-order valence-electron chi connectivity index (χ0n) is 11.8. The smallest absolute Gasteiger partial charge is 0.165 e. The van der Waals surface area contributed by atoms with Gasteiger partial charge in [-0.25, -0.2) is 15.0 Å². The third-order valence-electron chi connectivity index (χ3n) is 3.30. The summed E-state index contributed by atoms with van der Waals surface area (Å²) < 4.78 is 0. The summed E-state index contributed by atoms with van der Waals surface area (Å²) >= 11 is 0. The van der Waals surface area contributed by atoms with Crippen LogP contribution in [0.25, 0.3) is 22.3 Å². The van der Waals surface area contributed by atoms with Gasteiger partial charge in [-0.2, -0.15) is 0 Å². The molecule has 3 aromatic rings. The Morgan fingerprint density at radius 2 is 1.71 bits per heavy atom. The second-order valence-corrected chi connectivity index (χ2v) is 4.59. The monoisotopic (exact) mass is 281 g/mol. The largest absolute Gasteiger partial charge is 0.507 e. The molecule has 1 aromatic heterocycles.